The van der Waals surface area contributed by atoms with Gasteiger partial charge in [-0.15, -0.1) is 0 Å². The second kappa shape index (κ2) is 6.49. The maximum absolute atomic E-state index is 14.0. The third-order valence-corrected chi connectivity index (χ3v) is 4.56. The van der Waals surface area contributed by atoms with Gasteiger partial charge in [0.05, 0.1) is 0 Å². The van der Waals surface area contributed by atoms with Crippen LogP contribution in [-0.2, 0) is 0 Å². The summed E-state index contributed by atoms with van der Waals surface area (Å²) >= 11 is 0. The molecular formula is C17H24F2. The Hall–Kier alpha value is -0.920. The second-order valence-electron chi connectivity index (χ2n) is 5.96. The van der Waals surface area contributed by atoms with E-state index in [1.807, 2.05) is 0 Å². The Morgan fingerprint density at radius 3 is 2.37 bits per heavy atom. The first-order valence-electron chi connectivity index (χ1n) is 7.58. The van der Waals surface area contributed by atoms with Gasteiger partial charge in [-0.25, -0.2) is 8.78 Å². The van der Waals surface area contributed by atoms with E-state index in [1.165, 1.54) is 32.1 Å². The van der Waals surface area contributed by atoms with Crippen LogP contribution in [0.4, 0.5) is 8.78 Å². The Bertz CT molecular complexity index is 418. The Morgan fingerprint density at radius 1 is 1.05 bits per heavy atom. The maximum Gasteiger partial charge on any atom is 0.162 e. The topological polar surface area (TPSA) is 0 Å². The van der Waals surface area contributed by atoms with Crippen LogP contribution in [-0.4, -0.2) is 0 Å². The molecule has 2 heteroatoms. The molecule has 19 heavy (non-hydrogen) atoms. The summed E-state index contributed by atoms with van der Waals surface area (Å²) < 4.78 is 27.6. The molecule has 1 saturated carbocycles. The normalized spacial score (nSPS) is 23.6. The molecule has 0 nitrogen and oxygen atoms in total. The lowest BCUT2D eigenvalue weighted by Crippen LogP contribution is -2.15. The fourth-order valence-electron chi connectivity index (χ4n) is 3.23. The minimum Gasteiger partial charge on any atom is -0.203 e. The number of unbranched alkanes of at least 4 members (excludes halogenated alkanes) is 1. The zero-order chi connectivity index (χ0) is 13.8. The molecule has 0 spiro atoms. The van der Waals surface area contributed by atoms with Crippen LogP contribution < -0.4 is 0 Å². The average molecular weight is 266 g/mol. The van der Waals surface area contributed by atoms with Gasteiger partial charge < -0.3 is 0 Å². The van der Waals surface area contributed by atoms with Gasteiger partial charge >= 0.3 is 0 Å². The number of benzene rings is 1. The molecule has 1 fully saturated rings. The van der Waals surface area contributed by atoms with Crippen molar-refractivity contribution in [3.63, 3.8) is 0 Å². The predicted molar refractivity (Wildman–Crippen MR) is 75.3 cm³/mol. The summed E-state index contributed by atoms with van der Waals surface area (Å²) in [5, 5.41) is 0. The highest BCUT2D eigenvalue weighted by Gasteiger charge is 2.25. The summed E-state index contributed by atoms with van der Waals surface area (Å²) in [6.07, 6.45) is 8.19. The fraction of sp³-hybridized carbons (Fsp3) is 0.647. The third-order valence-electron chi connectivity index (χ3n) is 4.56. The van der Waals surface area contributed by atoms with Crippen LogP contribution in [0.5, 0.6) is 0 Å². The Morgan fingerprint density at radius 2 is 1.74 bits per heavy atom. The van der Waals surface area contributed by atoms with Crippen molar-refractivity contribution in [3.05, 3.63) is 34.9 Å². The van der Waals surface area contributed by atoms with E-state index >= 15 is 0 Å². The number of hydrogen-bond donors (Lipinski definition) is 0. The minimum atomic E-state index is -0.661. The number of hydrogen-bond acceptors (Lipinski definition) is 0. The average Bonchev–Trinajstić information content (AvgIpc) is 2.44. The van der Waals surface area contributed by atoms with Crippen LogP contribution in [0.2, 0.25) is 0 Å². The van der Waals surface area contributed by atoms with Gasteiger partial charge in [-0.05, 0) is 55.6 Å². The number of halogens is 2. The van der Waals surface area contributed by atoms with Gasteiger partial charge in [0.1, 0.15) is 0 Å². The van der Waals surface area contributed by atoms with Crippen molar-refractivity contribution in [2.45, 2.75) is 64.7 Å². The highest BCUT2D eigenvalue weighted by atomic mass is 19.2. The van der Waals surface area contributed by atoms with E-state index < -0.39 is 11.6 Å². The Kier molecular flexibility index (Phi) is 4.95. The molecule has 1 aromatic carbocycles. The van der Waals surface area contributed by atoms with Crippen LogP contribution in [0.15, 0.2) is 12.1 Å². The fourth-order valence-corrected chi connectivity index (χ4v) is 3.23. The summed E-state index contributed by atoms with van der Waals surface area (Å²) in [7, 11) is 0. The zero-order valence-corrected chi connectivity index (χ0v) is 12.0. The first-order chi connectivity index (χ1) is 9.13. The van der Waals surface area contributed by atoms with E-state index in [4.69, 9.17) is 0 Å². The first-order valence-corrected chi connectivity index (χ1v) is 7.58. The van der Waals surface area contributed by atoms with Crippen LogP contribution in [0.25, 0.3) is 0 Å². The van der Waals surface area contributed by atoms with Crippen molar-refractivity contribution < 1.29 is 8.78 Å². The van der Waals surface area contributed by atoms with E-state index in [0.717, 1.165) is 18.8 Å². The minimum absolute atomic E-state index is 0.216. The van der Waals surface area contributed by atoms with Crippen molar-refractivity contribution in [3.8, 4) is 0 Å². The molecule has 1 aromatic rings. The second-order valence-corrected chi connectivity index (χ2v) is 5.96. The first kappa shape index (κ1) is 14.5. The van der Waals surface area contributed by atoms with Crippen LogP contribution in [0.3, 0.4) is 0 Å². The predicted octanol–water partition coefficient (Wildman–Crippen LogP) is 5.74. The van der Waals surface area contributed by atoms with Crippen molar-refractivity contribution in [1.82, 2.24) is 0 Å². The monoisotopic (exact) mass is 266 g/mol. The van der Waals surface area contributed by atoms with Crippen molar-refractivity contribution in [2.75, 3.05) is 0 Å². The van der Waals surface area contributed by atoms with E-state index in [-0.39, 0.29) is 5.92 Å². The lowest BCUT2D eigenvalue weighted by atomic mass is 9.77. The lowest BCUT2D eigenvalue weighted by Gasteiger charge is -2.29. The lowest BCUT2D eigenvalue weighted by molar-refractivity contribution is 0.299. The molecule has 1 aliphatic rings. The van der Waals surface area contributed by atoms with E-state index in [2.05, 4.69) is 6.92 Å². The Balaban J connectivity index is 2.00. The summed E-state index contributed by atoms with van der Waals surface area (Å²) in [6.45, 7) is 3.83. The highest BCUT2D eigenvalue weighted by molar-refractivity contribution is 5.28. The van der Waals surface area contributed by atoms with E-state index in [1.54, 1.807) is 19.1 Å². The molecule has 0 heterocycles. The van der Waals surface area contributed by atoms with Crippen molar-refractivity contribution >= 4 is 0 Å². The molecular weight excluding hydrogens is 242 g/mol. The standard InChI is InChI=1S/C17H24F2/c1-3-4-5-13-7-9-14(10-8-13)15-11-6-12(2)16(18)17(15)19/h6,11,13-14H,3-5,7-10H2,1-2H3. The summed E-state index contributed by atoms with van der Waals surface area (Å²) in [5.41, 5.74) is 0.995. The number of rotatable bonds is 4. The van der Waals surface area contributed by atoms with Crippen molar-refractivity contribution in [1.29, 1.82) is 0 Å². The molecule has 0 bridgehead atoms. The van der Waals surface area contributed by atoms with Gasteiger partial charge in [-0.1, -0.05) is 38.3 Å². The van der Waals surface area contributed by atoms with Gasteiger partial charge in [-0.2, -0.15) is 0 Å². The van der Waals surface area contributed by atoms with E-state index in [0.29, 0.717) is 11.1 Å². The molecule has 0 saturated heterocycles. The van der Waals surface area contributed by atoms with Gasteiger partial charge in [0.15, 0.2) is 11.6 Å². The maximum atomic E-state index is 14.0. The largest absolute Gasteiger partial charge is 0.203 e. The SMILES string of the molecule is CCCCC1CCC(c2ccc(C)c(F)c2F)CC1. The van der Waals surface area contributed by atoms with Gasteiger partial charge in [-0.3, -0.25) is 0 Å². The van der Waals surface area contributed by atoms with E-state index in [9.17, 15) is 8.78 Å². The molecule has 2 rings (SSSR count). The van der Waals surface area contributed by atoms with Gasteiger partial charge in [0.25, 0.3) is 0 Å². The number of aryl methyl sites for hydroxylation is 1. The summed E-state index contributed by atoms with van der Waals surface area (Å²) in [4.78, 5) is 0. The van der Waals surface area contributed by atoms with Gasteiger partial charge in [0.2, 0.25) is 0 Å². The molecule has 0 unspecified atom stereocenters. The van der Waals surface area contributed by atoms with Crippen molar-refractivity contribution in [2.24, 2.45) is 5.92 Å². The molecule has 0 atom stereocenters. The molecule has 1 aliphatic carbocycles. The summed E-state index contributed by atoms with van der Waals surface area (Å²) in [6, 6.07) is 3.49. The molecule has 0 N–H and O–H groups in total. The van der Waals surface area contributed by atoms with Crippen LogP contribution in [0.1, 0.15) is 68.9 Å². The molecule has 0 radical (unpaired) electrons. The third kappa shape index (κ3) is 3.34. The highest BCUT2D eigenvalue weighted by Crippen LogP contribution is 2.39. The molecule has 106 valence electrons. The smallest absolute Gasteiger partial charge is 0.162 e. The quantitative estimate of drug-likeness (QED) is 0.652. The van der Waals surface area contributed by atoms with Crippen LogP contribution >= 0.6 is 0 Å². The molecule has 0 amide bonds. The zero-order valence-electron chi connectivity index (χ0n) is 12.0. The Labute approximate surface area is 115 Å². The van der Waals surface area contributed by atoms with Crippen LogP contribution in [0, 0.1) is 24.5 Å². The molecule has 0 aliphatic heterocycles. The summed E-state index contributed by atoms with van der Waals surface area (Å²) in [5.74, 6) is -0.259. The van der Waals surface area contributed by atoms with Gasteiger partial charge in [0, 0.05) is 0 Å². The molecule has 0 aromatic heterocycles.